The maximum atomic E-state index is 16.9. The van der Waals surface area contributed by atoms with Gasteiger partial charge in [0.15, 0.2) is 35.3 Å². The van der Waals surface area contributed by atoms with Crippen molar-refractivity contribution in [2.75, 3.05) is 13.2 Å². The third kappa shape index (κ3) is 5.96. The Hall–Kier alpha value is -2.75. The first kappa shape index (κ1) is 44.8. The van der Waals surface area contributed by atoms with Gasteiger partial charge >= 0.3 is 5.97 Å². The number of alkyl halides is 2. The van der Waals surface area contributed by atoms with E-state index in [-0.39, 0.29) is 60.9 Å². The third-order valence-electron chi connectivity index (χ3n) is 18.5. The second-order valence-corrected chi connectivity index (χ2v) is 21.6. The highest BCUT2D eigenvalue weighted by atomic mass is 19.1. The molecule has 0 radical (unpaired) electrons. The molecule has 0 bridgehead atoms. The van der Waals surface area contributed by atoms with E-state index in [1.165, 1.54) is 13.0 Å². The lowest BCUT2D eigenvalue weighted by atomic mass is 9.44. The molecule has 0 aromatic carbocycles. The lowest BCUT2D eigenvalue weighted by Crippen LogP contribution is -2.69. The highest BCUT2D eigenvalue weighted by Crippen LogP contribution is 2.72. The van der Waals surface area contributed by atoms with Crippen molar-refractivity contribution in [3.8, 4) is 0 Å². The van der Waals surface area contributed by atoms with Crippen LogP contribution in [0.1, 0.15) is 126 Å². The Kier molecular flexibility index (Phi) is 10.6. The number of esters is 1. The van der Waals surface area contributed by atoms with Gasteiger partial charge in [0.2, 0.25) is 5.78 Å². The molecule has 6 saturated carbocycles. The first-order valence-corrected chi connectivity index (χ1v) is 22.4. The summed E-state index contributed by atoms with van der Waals surface area (Å²) in [4.78, 5) is 61.1. The summed E-state index contributed by atoms with van der Waals surface area (Å²) in [6.07, 6.45) is 3.32. The lowest BCUT2D eigenvalue weighted by Gasteiger charge is -2.63. The molecule has 338 valence electrons. The molecule has 0 unspecified atom stereocenters. The molecule has 0 spiro atoms. The van der Waals surface area contributed by atoms with E-state index in [4.69, 9.17) is 14.2 Å². The van der Waals surface area contributed by atoms with Crippen molar-refractivity contribution in [3.63, 3.8) is 0 Å². The van der Waals surface area contributed by atoms with E-state index in [0.29, 0.717) is 56.9 Å². The van der Waals surface area contributed by atoms with Crippen LogP contribution in [0.4, 0.5) is 8.78 Å². The van der Waals surface area contributed by atoms with Crippen LogP contribution in [0, 0.1) is 51.2 Å². The molecule has 1 saturated heterocycles. The number of fused-ring (bicyclic) bond motifs is 12. The molecule has 9 aliphatic rings. The predicted octanol–water partition coefficient (Wildman–Crippen LogP) is 4.94. The monoisotopic (exact) mass is 858 g/mol. The van der Waals surface area contributed by atoms with Gasteiger partial charge in [-0.15, -0.1) is 0 Å². The standard InChI is InChI=1S/C24H33FO6.C23H31FO6/c1-21(2)30-19-9-14-13-8-16(25)15-7-12(27)5-6-22(15,3)20(13)17(28)10-23(14,4)24(19,31-21)18(29)11-26;1-13(25)30-12-19(28)22(29)9-7-16-17-5-4-14-10-15(26)6-8-20(14,2)23(17,24)18(27)11-21(16,22)3/h7,13-14,16-17,19-20,26,28H,5-6,8-11H2,1-4H3;10,16-18,27,29H,4-9,11-12H2,1-3H3/t13-,14-,16-,17-,19+,20+,22-,23-,24+;16-,17-,18-,20-,21-,22-,23-/m00/s1. The van der Waals surface area contributed by atoms with Gasteiger partial charge < -0.3 is 34.6 Å². The molecule has 7 fully saturated rings. The zero-order valence-corrected chi connectivity index (χ0v) is 36.6. The van der Waals surface area contributed by atoms with Crippen molar-refractivity contribution >= 4 is 29.1 Å². The van der Waals surface area contributed by atoms with Crippen LogP contribution in [0.2, 0.25) is 0 Å². The molecule has 4 N–H and O–H groups in total. The van der Waals surface area contributed by atoms with Crippen molar-refractivity contribution in [1.82, 2.24) is 0 Å². The summed E-state index contributed by atoms with van der Waals surface area (Å²) in [5.74, 6) is -3.89. The predicted molar refractivity (Wildman–Crippen MR) is 214 cm³/mol. The fraction of sp³-hybridized carbons (Fsp3) is 0.809. The number of halogens is 2. The summed E-state index contributed by atoms with van der Waals surface area (Å²) in [6, 6.07) is 0. The van der Waals surface area contributed by atoms with Crippen LogP contribution in [-0.4, -0.2) is 110 Å². The minimum Gasteiger partial charge on any atom is -0.458 e. The average Bonchev–Trinajstić information content (AvgIpc) is 3.71. The van der Waals surface area contributed by atoms with Crippen LogP contribution in [0.15, 0.2) is 23.3 Å². The molecule has 16 atom stereocenters. The number of carbonyl (C=O) groups is 5. The number of ketones is 4. The lowest BCUT2D eigenvalue weighted by molar-refractivity contribution is -0.228. The Bertz CT molecular complexity index is 1980. The van der Waals surface area contributed by atoms with Crippen molar-refractivity contribution < 1.29 is 67.4 Å². The highest BCUT2D eigenvalue weighted by molar-refractivity contribution is 5.93. The van der Waals surface area contributed by atoms with Crippen LogP contribution in [0.25, 0.3) is 0 Å². The zero-order valence-electron chi connectivity index (χ0n) is 36.6. The Morgan fingerprint density at radius 3 is 2.20 bits per heavy atom. The Balaban J connectivity index is 0.000000169. The second-order valence-electron chi connectivity index (χ2n) is 21.6. The molecule has 0 amide bonds. The molecule has 12 nitrogen and oxygen atoms in total. The van der Waals surface area contributed by atoms with Crippen molar-refractivity contribution in [1.29, 1.82) is 0 Å². The maximum absolute atomic E-state index is 16.9. The molecule has 61 heavy (non-hydrogen) atoms. The van der Waals surface area contributed by atoms with E-state index in [1.807, 2.05) is 20.8 Å². The Morgan fingerprint density at radius 1 is 0.852 bits per heavy atom. The van der Waals surface area contributed by atoms with Crippen LogP contribution >= 0.6 is 0 Å². The number of hydrogen-bond acceptors (Lipinski definition) is 12. The normalized spacial score (nSPS) is 50.1. The third-order valence-corrected chi connectivity index (χ3v) is 18.5. The van der Waals surface area contributed by atoms with E-state index in [0.717, 1.165) is 5.57 Å². The number of aliphatic hydroxyl groups excluding tert-OH is 3. The zero-order chi connectivity index (χ0) is 44.7. The van der Waals surface area contributed by atoms with Gasteiger partial charge in [-0.1, -0.05) is 33.3 Å². The molecule has 14 heteroatoms. The molecule has 0 aromatic heterocycles. The molecule has 1 aliphatic heterocycles. The van der Waals surface area contributed by atoms with Gasteiger partial charge in [0, 0.05) is 41.9 Å². The summed E-state index contributed by atoms with van der Waals surface area (Å²) in [5.41, 5.74) is -7.02. The van der Waals surface area contributed by atoms with Gasteiger partial charge in [-0.05, 0) is 125 Å². The SMILES string of the molecule is CC(=O)OCC(=O)[C@@]1(O)CC[C@H]2[C@@H]3CCC4=CC(=O)CC[C@]4(C)[C@@]3(F)[C@@H](O)C[C@@]21C.CC1(C)O[C@@H]2C[C@H]3[C@@H]4C[C@H](F)C5=CC(=O)CC[C@]5(C)[C@H]4[C@@H](O)C[C@]3(C)[C@]2(C(=O)CO)O1. The number of ether oxygens (including phenoxy) is 3. The van der Waals surface area contributed by atoms with E-state index >= 15 is 8.78 Å². The van der Waals surface area contributed by atoms with Crippen molar-refractivity contribution in [2.45, 2.75) is 173 Å². The number of rotatable bonds is 5. The molecule has 9 rings (SSSR count). The molecule has 0 aromatic rings. The van der Waals surface area contributed by atoms with Crippen LogP contribution in [-0.2, 0) is 38.2 Å². The quantitative estimate of drug-likeness (QED) is 0.273. The number of carbonyl (C=O) groups excluding carboxylic acids is 5. The molecular weight excluding hydrogens is 795 g/mol. The highest BCUT2D eigenvalue weighted by Gasteiger charge is 2.78. The fourth-order valence-corrected chi connectivity index (χ4v) is 15.7. The van der Waals surface area contributed by atoms with Crippen LogP contribution in [0.3, 0.4) is 0 Å². The topological polar surface area (TPSA) is 194 Å². The number of hydrogen-bond donors (Lipinski definition) is 4. The van der Waals surface area contributed by atoms with Crippen LogP contribution in [0.5, 0.6) is 0 Å². The van der Waals surface area contributed by atoms with E-state index in [9.17, 15) is 44.4 Å². The minimum absolute atomic E-state index is 0.00553. The average molecular weight is 859 g/mol. The molecule has 8 aliphatic carbocycles. The summed E-state index contributed by atoms with van der Waals surface area (Å²) in [5, 5.41) is 43.9. The summed E-state index contributed by atoms with van der Waals surface area (Å²) in [7, 11) is 0. The Morgan fingerprint density at radius 2 is 1.52 bits per heavy atom. The summed E-state index contributed by atoms with van der Waals surface area (Å²) >= 11 is 0. The van der Waals surface area contributed by atoms with E-state index < -0.39 is 105 Å². The molecule has 1 heterocycles. The van der Waals surface area contributed by atoms with Crippen LogP contribution < -0.4 is 0 Å². The van der Waals surface area contributed by atoms with E-state index in [1.54, 1.807) is 26.8 Å². The minimum atomic E-state index is -1.91. The second kappa shape index (κ2) is 14.4. The summed E-state index contributed by atoms with van der Waals surface area (Å²) in [6.45, 7) is 11.0. The number of allylic oxidation sites excluding steroid dienone is 2. The summed E-state index contributed by atoms with van der Waals surface area (Å²) < 4.78 is 49.7. The maximum Gasteiger partial charge on any atom is 0.303 e. The Labute approximate surface area is 356 Å². The van der Waals surface area contributed by atoms with Gasteiger partial charge in [0.05, 0.1) is 18.3 Å². The first-order chi connectivity index (χ1) is 28.3. The van der Waals surface area contributed by atoms with Gasteiger partial charge in [-0.25, -0.2) is 8.78 Å². The van der Waals surface area contributed by atoms with E-state index in [2.05, 4.69) is 0 Å². The number of aliphatic hydroxyl groups is 4. The largest absolute Gasteiger partial charge is 0.458 e. The number of Topliss-reactive ketones (excluding diaryl/α,β-unsaturated/α-hetero) is 2. The van der Waals surface area contributed by atoms with Gasteiger partial charge in [-0.2, -0.15) is 0 Å². The van der Waals surface area contributed by atoms with Gasteiger partial charge in [0.25, 0.3) is 0 Å². The van der Waals surface area contributed by atoms with Crippen molar-refractivity contribution in [2.24, 2.45) is 51.2 Å². The van der Waals surface area contributed by atoms with Crippen molar-refractivity contribution in [3.05, 3.63) is 23.3 Å². The fourth-order valence-electron chi connectivity index (χ4n) is 15.7. The first-order valence-electron chi connectivity index (χ1n) is 22.4. The smallest absolute Gasteiger partial charge is 0.303 e. The van der Waals surface area contributed by atoms with Gasteiger partial charge in [-0.3, -0.25) is 24.0 Å². The van der Waals surface area contributed by atoms with Gasteiger partial charge in [0.1, 0.15) is 24.0 Å². The molecular formula is C47H64F2O12.